The zero-order valence-electron chi connectivity index (χ0n) is 7.75. The summed E-state index contributed by atoms with van der Waals surface area (Å²) >= 11 is 0. The first kappa shape index (κ1) is 9.54. The Balaban J connectivity index is 3.25. The van der Waals surface area contributed by atoms with Crippen LogP contribution in [0.4, 0.5) is 0 Å². The minimum Gasteiger partial charge on any atom is -0.192 e. The number of allylic oxidation sites excluding steroid dienone is 1. The second kappa shape index (κ2) is 3.91. The van der Waals surface area contributed by atoms with Gasteiger partial charge in [0.2, 0.25) is 0 Å². The molecule has 1 aromatic rings. The Hall–Kier alpha value is -1.55. The fourth-order valence-corrected chi connectivity index (χ4v) is 1.30. The summed E-state index contributed by atoms with van der Waals surface area (Å²) in [7, 11) is 0. The van der Waals surface area contributed by atoms with E-state index in [1.54, 1.807) is 6.08 Å². The molecule has 0 aromatic heterocycles. The first-order valence-corrected chi connectivity index (χ1v) is 4.16. The molecule has 1 radical (unpaired) electrons. The van der Waals surface area contributed by atoms with Gasteiger partial charge in [0.15, 0.2) is 0 Å². The van der Waals surface area contributed by atoms with Gasteiger partial charge >= 0.3 is 0 Å². The molecule has 0 fully saturated rings. The molecule has 1 atom stereocenters. The number of hydrogen-bond donors (Lipinski definition) is 0. The highest BCUT2D eigenvalue weighted by molar-refractivity contribution is 5.44. The maximum atomic E-state index is 8.80. The maximum Gasteiger partial charge on any atom is 0.0994 e. The van der Waals surface area contributed by atoms with Gasteiger partial charge in [-0.05, 0) is 31.0 Å². The van der Waals surface area contributed by atoms with Crippen molar-refractivity contribution < 1.29 is 0 Å². The number of nitriles is 1. The van der Waals surface area contributed by atoms with Crippen molar-refractivity contribution in [2.45, 2.75) is 12.8 Å². The molecule has 1 nitrogen and oxygen atoms in total. The fraction of sp³-hybridized carbons (Fsp3) is 0.167. The molecular formula is C12H12N. The second-order valence-electron chi connectivity index (χ2n) is 2.97. The summed E-state index contributed by atoms with van der Waals surface area (Å²) in [6.07, 6.45) is 1.78. The van der Waals surface area contributed by atoms with Crippen LogP contribution in [-0.2, 0) is 0 Å². The third-order valence-electron chi connectivity index (χ3n) is 2.18. The van der Waals surface area contributed by atoms with Crippen LogP contribution in [0.1, 0.15) is 22.6 Å². The molecule has 1 rings (SSSR count). The quantitative estimate of drug-likeness (QED) is 0.626. The molecule has 0 aliphatic rings. The Morgan fingerprint density at radius 3 is 2.77 bits per heavy atom. The van der Waals surface area contributed by atoms with Crippen LogP contribution in [-0.4, -0.2) is 0 Å². The van der Waals surface area contributed by atoms with Crippen LogP contribution in [0.25, 0.3) is 0 Å². The normalized spacial score (nSPS) is 11.8. The molecule has 13 heavy (non-hydrogen) atoms. The van der Waals surface area contributed by atoms with E-state index in [4.69, 9.17) is 5.26 Å². The predicted octanol–water partition coefficient (Wildman–Crippen LogP) is 2.97. The molecule has 1 unspecified atom stereocenters. The Morgan fingerprint density at radius 1 is 1.54 bits per heavy atom. The second-order valence-corrected chi connectivity index (χ2v) is 2.97. The van der Waals surface area contributed by atoms with Crippen molar-refractivity contribution in [3.63, 3.8) is 0 Å². The molecule has 0 amide bonds. The standard InChI is InChI=1S/C12H12N/c1-4-9(2)12-7-5-6-11(8-13)10(12)3/h4-7,9H,1-2H2,3H3. The van der Waals surface area contributed by atoms with E-state index >= 15 is 0 Å². The van der Waals surface area contributed by atoms with Crippen molar-refractivity contribution in [1.82, 2.24) is 0 Å². The lowest BCUT2D eigenvalue weighted by atomic mass is 9.94. The Labute approximate surface area is 79.3 Å². The zero-order valence-corrected chi connectivity index (χ0v) is 7.75. The van der Waals surface area contributed by atoms with Crippen LogP contribution in [0.5, 0.6) is 0 Å². The monoisotopic (exact) mass is 170 g/mol. The molecule has 0 saturated heterocycles. The fourth-order valence-electron chi connectivity index (χ4n) is 1.30. The number of rotatable bonds is 2. The van der Waals surface area contributed by atoms with Crippen LogP contribution in [0, 0.1) is 25.2 Å². The van der Waals surface area contributed by atoms with E-state index < -0.39 is 0 Å². The number of nitrogens with zero attached hydrogens (tertiary/aromatic N) is 1. The summed E-state index contributed by atoms with van der Waals surface area (Å²) in [4.78, 5) is 0. The van der Waals surface area contributed by atoms with Crippen LogP contribution in [0.15, 0.2) is 30.9 Å². The van der Waals surface area contributed by atoms with Crippen molar-refractivity contribution in [2.75, 3.05) is 0 Å². The van der Waals surface area contributed by atoms with Crippen molar-refractivity contribution >= 4 is 0 Å². The Bertz CT molecular complexity index is 358. The van der Waals surface area contributed by atoms with Crippen LogP contribution < -0.4 is 0 Å². The summed E-state index contributed by atoms with van der Waals surface area (Å²) in [5.74, 6) is 0.0632. The first-order valence-electron chi connectivity index (χ1n) is 4.16. The highest BCUT2D eigenvalue weighted by Gasteiger charge is 2.07. The molecule has 0 N–H and O–H groups in total. The van der Waals surface area contributed by atoms with Gasteiger partial charge in [-0.2, -0.15) is 5.26 Å². The number of benzene rings is 1. The topological polar surface area (TPSA) is 23.8 Å². The van der Waals surface area contributed by atoms with E-state index in [9.17, 15) is 0 Å². The molecular weight excluding hydrogens is 158 g/mol. The highest BCUT2D eigenvalue weighted by atomic mass is 14.2. The third kappa shape index (κ3) is 1.78. The minimum atomic E-state index is 0.0632. The van der Waals surface area contributed by atoms with Gasteiger partial charge in [-0.25, -0.2) is 0 Å². The molecule has 0 aliphatic carbocycles. The SMILES string of the molecule is [CH2]C(C=C)c1cccc(C#N)c1C. The van der Waals surface area contributed by atoms with Gasteiger partial charge in [0.25, 0.3) is 0 Å². The average molecular weight is 170 g/mol. The largest absolute Gasteiger partial charge is 0.192 e. The summed E-state index contributed by atoms with van der Waals surface area (Å²) < 4.78 is 0. The predicted molar refractivity (Wildman–Crippen MR) is 54.2 cm³/mol. The zero-order chi connectivity index (χ0) is 9.84. The van der Waals surface area contributed by atoms with Gasteiger partial charge in [-0.15, -0.1) is 6.58 Å². The van der Waals surface area contributed by atoms with E-state index in [1.165, 1.54) is 0 Å². The Kier molecular flexibility index (Phi) is 2.87. The molecule has 0 heterocycles. The lowest BCUT2D eigenvalue weighted by Crippen LogP contribution is -1.95. The van der Waals surface area contributed by atoms with Gasteiger partial charge < -0.3 is 0 Å². The van der Waals surface area contributed by atoms with E-state index in [2.05, 4.69) is 19.6 Å². The molecule has 0 aliphatic heterocycles. The molecule has 0 spiro atoms. The molecule has 1 heteroatoms. The maximum absolute atomic E-state index is 8.80. The smallest absolute Gasteiger partial charge is 0.0994 e. The van der Waals surface area contributed by atoms with Crippen LogP contribution in [0.2, 0.25) is 0 Å². The van der Waals surface area contributed by atoms with Crippen molar-refractivity contribution in [3.8, 4) is 6.07 Å². The summed E-state index contributed by atoms with van der Waals surface area (Å²) in [6, 6.07) is 7.83. The van der Waals surface area contributed by atoms with Crippen molar-refractivity contribution in [2.24, 2.45) is 0 Å². The lowest BCUT2D eigenvalue weighted by molar-refractivity contribution is 1.05. The van der Waals surface area contributed by atoms with Gasteiger partial charge in [0.05, 0.1) is 11.6 Å². The average Bonchev–Trinajstić information content (AvgIpc) is 2.17. The van der Waals surface area contributed by atoms with Crippen LogP contribution >= 0.6 is 0 Å². The third-order valence-corrected chi connectivity index (χ3v) is 2.18. The van der Waals surface area contributed by atoms with Crippen molar-refractivity contribution in [3.05, 3.63) is 54.5 Å². The molecule has 65 valence electrons. The molecule has 0 bridgehead atoms. The summed E-state index contributed by atoms with van der Waals surface area (Å²) in [5, 5.41) is 8.80. The minimum absolute atomic E-state index is 0.0632. The van der Waals surface area contributed by atoms with Gasteiger partial charge in [0.1, 0.15) is 0 Å². The van der Waals surface area contributed by atoms with E-state index in [-0.39, 0.29) is 5.92 Å². The first-order chi connectivity index (χ1) is 6.20. The van der Waals surface area contributed by atoms with Gasteiger partial charge in [-0.3, -0.25) is 0 Å². The summed E-state index contributed by atoms with van der Waals surface area (Å²) in [5.41, 5.74) is 2.80. The van der Waals surface area contributed by atoms with Gasteiger partial charge in [0, 0.05) is 5.92 Å². The number of hydrogen-bond acceptors (Lipinski definition) is 1. The van der Waals surface area contributed by atoms with E-state index in [0.29, 0.717) is 5.56 Å². The van der Waals surface area contributed by atoms with E-state index in [1.807, 2.05) is 25.1 Å². The van der Waals surface area contributed by atoms with Crippen LogP contribution in [0.3, 0.4) is 0 Å². The summed E-state index contributed by atoms with van der Waals surface area (Å²) in [6.45, 7) is 9.56. The van der Waals surface area contributed by atoms with Gasteiger partial charge in [-0.1, -0.05) is 18.2 Å². The molecule has 0 saturated carbocycles. The molecule has 1 aromatic carbocycles. The lowest BCUT2D eigenvalue weighted by Gasteiger charge is -2.10. The van der Waals surface area contributed by atoms with Crippen molar-refractivity contribution in [1.29, 1.82) is 5.26 Å². The highest BCUT2D eigenvalue weighted by Crippen LogP contribution is 2.21. The van der Waals surface area contributed by atoms with E-state index in [0.717, 1.165) is 11.1 Å². The Morgan fingerprint density at radius 2 is 2.23 bits per heavy atom.